The molecule has 1 heterocycles. The number of halogens is 1. The molecule has 1 fully saturated rings. The van der Waals surface area contributed by atoms with E-state index in [-0.39, 0.29) is 5.60 Å². The highest BCUT2D eigenvalue weighted by Crippen LogP contribution is 2.27. The lowest BCUT2D eigenvalue weighted by atomic mass is 10.0. The molecule has 0 spiro atoms. The van der Waals surface area contributed by atoms with E-state index >= 15 is 0 Å². The Kier molecular flexibility index (Phi) is 3.76. The third-order valence-electron chi connectivity index (χ3n) is 3.09. The van der Waals surface area contributed by atoms with E-state index in [4.69, 9.17) is 26.8 Å². The summed E-state index contributed by atoms with van der Waals surface area (Å²) in [6.45, 7) is 2.03. The normalized spacial score (nSPS) is 23.9. The molecule has 0 saturated carbocycles. The van der Waals surface area contributed by atoms with Crippen LogP contribution >= 0.6 is 11.6 Å². The van der Waals surface area contributed by atoms with Crippen molar-refractivity contribution in [2.24, 2.45) is 0 Å². The first-order chi connectivity index (χ1) is 8.15. The van der Waals surface area contributed by atoms with Gasteiger partial charge in [0.05, 0.1) is 17.3 Å². The van der Waals surface area contributed by atoms with Gasteiger partial charge in [-0.3, -0.25) is 0 Å². The van der Waals surface area contributed by atoms with Gasteiger partial charge in [-0.05, 0) is 18.2 Å². The maximum absolute atomic E-state index is 6.09. The summed E-state index contributed by atoms with van der Waals surface area (Å²) in [4.78, 5) is 0. The van der Waals surface area contributed by atoms with E-state index in [1.807, 2.05) is 12.1 Å². The Balaban J connectivity index is 2.01. The van der Waals surface area contributed by atoms with Crippen molar-refractivity contribution in [1.82, 2.24) is 0 Å². The average molecular weight is 257 g/mol. The minimum absolute atomic E-state index is 0.245. The summed E-state index contributed by atoms with van der Waals surface area (Å²) >= 11 is 6.09. The van der Waals surface area contributed by atoms with E-state index in [2.05, 4.69) is 5.32 Å². The quantitative estimate of drug-likeness (QED) is 0.811. The molecule has 1 unspecified atom stereocenters. The van der Waals surface area contributed by atoms with Gasteiger partial charge in [0, 0.05) is 32.4 Å². The van der Waals surface area contributed by atoms with Crippen LogP contribution in [-0.2, 0) is 9.47 Å². The molecule has 1 saturated heterocycles. The number of ether oxygens (including phenoxy) is 2. The SMILES string of the molecule is COC1(CNc2ccc(N)cc2Cl)CCOC1. The van der Waals surface area contributed by atoms with Crippen LogP contribution in [0.25, 0.3) is 0 Å². The molecule has 2 rings (SSSR count). The molecule has 1 aliphatic rings. The monoisotopic (exact) mass is 256 g/mol. The molecule has 0 aliphatic carbocycles. The van der Waals surface area contributed by atoms with Crippen molar-refractivity contribution in [3.05, 3.63) is 23.2 Å². The number of nitrogens with one attached hydrogen (secondary N) is 1. The van der Waals surface area contributed by atoms with Gasteiger partial charge in [-0.2, -0.15) is 0 Å². The van der Waals surface area contributed by atoms with Crippen molar-refractivity contribution in [1.29, 1.82) is 0 Å². The number of benzene rings is 1. The molecule has 3 N–H and O–H groups in total. The predicted molar refractivity (Wildman–Crippen MR) is 69.5 cm³/mol. The number of rotatable bonds is 4. The van der Waals surface area contributed by atoms with Crippen molar-refractivity contribution < 1.29 is 9.47 Å². The fraction of sp³-hybridized carbons (Fsp3) is 0.500. The van der Waals surface area contributed by atoms with Gasteiger partial charge < -0.3 is 20.5 Å². The van der Waals surface area contributed by atoms with Crippen molar-refractivity contribution >= 4 is 23.0 Å². The minimum Gasteiger partial charge on any atom is -0.399 e. The second-order valence-electron chi connectivity index (χ2n) is 4.28. The number of hydrogen-bond donors (Lipinski definition) is 2. The Labute approximate surface area is 106 Å². The third-order valence-corrected chi connectivity index (χ3v) is 3.41. The molecule has 1 aromatic rings. The van der Waals surface area contributed by atoms with Crippen LogP contribution in [0.3, 0.4) is 0 Å². The first-order valence-corrected chi connectivity index (χ1v) is 5.95. The molecule has 1 atom stereocenters. The zero-order valence-electron chi connectivity index (χ0n) is 9.83. The zero-order chi connectivity index (χ0) is 12.3. The van der Waals surface area contributed by atoms with Crippen LogP contribution in [0.4, 0.5) is 11.4 Å². The van der Waals surface area contributed by atoms with Gasteiger partial charge in [-0.25, -0.2) is 0 Å². The van der Waals surface area contributed by atoms with Crippen LogP contribution in [-0.4, -0.2) is 32.5 Å². The van der Waals surface area contributed by atoms with E-state index in [1.54, 1.807) is 13.2 Å². The Morgan fingerprint density at radius 3 is 3.00 bits per heavy atom. The van der Waals surface area contributed by atoms with Crippen LogP contribution in [0, 0.1) is 0 Å². The van der Waals surface area contributed by atoms with Gasteiger partial charge in [-0.1, -0.05) is 11.6 Å². The van der Waals surface area contributed by atoms with Gasteiger partial charge in [0.15, 0.2) is 0 Å². The first kappa shape index (κ1) is 12.5. The second kappa shape index (κ2) is 5.12. The number of nitrogens with two attached hydrogens (primary N) is 1. The lowest BCUT2D eigenvalue weighted by molar-refractivity contribution is -0.00619. The third kappa shape index (κ3) is 2.83. The highest BCUT2D eigenvalue weighted by Gasteiger charge is 2.34. The summed E-state index contributed by atoms with van der Waals surface area (Å²) in [7, 11) is 1.71. The Hall–Kier alpha value is -0.970. The fourth-order valence-corrected chi connectivity index (χ4v) is 2.15. The summed E-state index contributed by atoms with van der Waals surface area (Å²) in [5.74, 6) is 0. The van der Waals surface area contributed by atoms with Gasteiger partial charge >= 0.3 is 0 Å². The molecule has 5 heteroatoms. The smallest absolute Gasteiger partial charge is 0.110 e. The number of anilines is 2. The highest BCUT2D eigenvalue weighted by molar-refractivity contribution is 6.33. The largest absolute Gasteiger partial charge is 0.399 e. The van der Waals surface area contributed by atoms with Crippen molar-refractivity contribution in [2.45, 2.75) is 12.0 Å². The van der Waals surface area contributed by atoms with E-state index in [9.17, 15) is 0 Å². The molecular weight excluding hydrogens is 240 g/mol. The molecule has 94 valence electrons. The van der Waals surface area contributed by atoms with E-state index in [0.717, 1.165) is 18.7 Å². The lowest BCUT2D eigenvalue weighted by Crippen LogP contribution is -2.39. The zero-order valence-corrected chi connectivity index (χ0v) is 10.6. The van der Waals surface area contributed by atoms with Crippen LogP contribution in [0.5, 0.6) is 0 Å². The topological polar surface area (TPSA) is 56.5 Å². The first-order valence-electron chi connectivity index (χ1n) is 5.57. The second-order valence-corrected chi connectivity index (χ2v) is 4.69. The van der Waals surface area contributed by atoms with Crippen LogP contribution in [0.1, 0.15) is 6.42 Å². The van der Waals surface area contributed by atoms with E-state index < -0.39 is 0 Å². The summed E-state index contributed by atoms with van der Waals surface area (Å²) in [5, 5.41) is 3.90. The Morgan fingerprint density at radius 1 is 1.59 bits per heavy atom. The minimum atomic E-state index is -0.245. The standard InChI is InChI=1S/C12H17ClN2O2/c1-16-12(4-5-17-8-12)7-15-11-3-2-9(14)6-10(11)13/h2-3,6,15H,4-5,7-8,14H2,1H3. The summed E-state index contributed by atoms with van der Waals surface area (Å²) in [6.07, 6.45) is 0.892. The molecule has 0 bridgehead atoms. The Morgan fingerprint density at radius 2 is 2.41 bits per heavy atom. The molecule has 17 heavy (non-hydrogen) atoms. The molecule has 1 aromatic carbocycles. The average Bonchev–Trinajstić information content (AvgIpc) is 2.77. The van der Waals surface area contributed by atoms with Crippen LogP contribution in [0.15, 0.2) is 18.2 Å². The highest BCUT2D eigenvalue weighted by atomic mass is 35.5. The summed E-state index contributed by atoms with van der Waals surface area (Å²) in [5.41, 5.74) is 6.92. The number of hydrogen-bond acceptors (Lipinski definition) is 4. The molecular formula is C12H17ClN2O2. The van der Waals surface area contributed by atoms with Crippen molar-refractivity contribution in [3.8, 4) is 0 Å². The van der Waals surface area contributed by atoms with E-state index in [1.165, 1.54) is 0 Å². The van der Waals surface area contributed by atoms with Gasteiger partial charge in [-0.15, -0.1) is 0 Å². The van der Waals surface area contributed by atoms with Gasteiger partial charge in [0.2, 0.25) is 0 Å². The Bertz CT molecular complexity index is 392. The van der Waals surface area contributed by atoms with Crippen molar-refractivity contribution in [3.63, 3.8) is 0 Å². The number of methoxy groups -OCH3 is 1. The van der Waals surface area contributed by atoms with Crippen LogP contribution in [0.2, 0.25) is 5.02 Å². The molecule has 4 nitrogen and oxygen atoms in total. The van der Waals surface area contributed by atoms with Gasteiger partial charge in [0.25, 0.3) is 0 Å². The predicted octanol–water partition coefficient (Wildman–Crippen LogP) is 2.14. The molecule has 1 aliphatic heterocycles. The molecule has 0 aromatic heterocycles. The maximum atomic E-state index is 6.09. The maximum Gasteiger partial charge on any atom is 0.110 e. The van der Waals surface area contributed by atoms with Crippen molar-refractivity contribution in [2.75, 3.05) is 37.9 Å². The fourth-order valence-electron chi connectivity index (χ4n) is 1.89. The molecule has 0 radical (unpaired) electrons. The number of nitrogen functional groups attached to an aromatic ring is 1. The van der Waals surface area contributed by atoms with E-state index in [0.29, 0.717) is 23.9 Å². The van der Waals surface area contributed by atoms with Gasteiger partial charge in [0.1, 0.15) is 5.60 Å². The lowest BCUT2D eigenvalue weighted by Gasteiger charge is -2.26. The molecule has 0 amide bonds. The van der Waals surface area contributed by atoms with Crippen LogP contribution < -0.4 is 11.1 Å². The summed E-state index contributed by atoms with van der Waals surface area (Å²) < 4.78 is 10.9. The summed E-state index contributed by atoms with van der Waals surface area (Å²) in [6, 6.07) is 5.42.